The number of rotatable bonds is 5. The van der Waals surface area contributed by atoms with Crippen LogP contribution in [0, 0.1) is 0 Å². The van der Waals surface area contributed by atoms with Crippen molar-refractivity contribution in [2.75, 3.05) is 26.6 Å². The van der Waals surface area contributed by atoms with Crippen LogP contribution in [-0.2, 0) is 4.79 Å². The maximum absolute atomic E-state index is 11.5. The fourth-order valence-electron chi connectivity index (χ4n) is 1.49. The van der Waals surface area contributed by atoms with Gasteiger partial charge < -0.3 is 20.1 Å². The van der Waals surface area contributed by atoms with Crippen LogP contribution in [0.15, 0.2) is 12.1 Å². The lowest BCUT2D eigenvalue weighted by Crippen LogP contribution is -2.35. The van der Waals surface area contributed by atoms with Gasteiger partial charge in [-0.25, -0.2) is 0 Å². The average molecular weight is 273 g/mol. The second-order valence-corrected chi connectivity index (χ2v) is 4.07. The molecule has 0 radical (unpaired) electrons. The Balaban J connectivity index is 3.01. The van der Waals surface area contributed by atoms with Crippen molar-refractivity contribution >= 4 is 23.2 Å². The Hall–Kier alpha value is -1.62. The lowest BCUT2D eigenvalue weighted by atomic mass is 10.2. The van der Waals surface area contributed by atoms with Gasteiger partial charge in [-0.15, -0.1) is 0 Å². The molecule has 0 spiro atoms. The molecule has 1 aromatic rings. The van der Waals surface area contributed by atoms with E-state index in [0.717, 1.165) is 0 Å². The maximum Gasteiger partial charge on any atom is 0.241 e. The standard InChI is InChI=1S/C12H17ClN2O3/c1-7(12(16)14-2)15-9-5-8(13)10(17-3)6-11(9)18-4/h5-7,15H,1-4H3,(H,14,16)/t7-/m0/s1. The molecule has 2 N–H and O–H groups in total. The third kappa shape index (κ3) is 3.20. The molecule has 5 nitrogen and oxygen atoms in total. The number of hydrogen-bond donors (Lipinski definition) is 2. The van der Waals surface area contributed by atoms with Crippen molar-refractivity contribution in [1.29, 1.82) is 0 Å². The quantitative estimate of drug-likeness (QED) is 0.860. The largest absolute Gasteiger partial charge is 0.495 e. The molecule has 0 unspecified atom stereocenters. The number of anilines is 1. The third-order valence-corrected chi connectivity index (χ3v) is 2.78. The Labute approximate surface area is 111 Å². The van der Waals surface area contributed by atoms with Gasteiger partial charge in [0.15, 0.2) is 0 Å². The van der Waals surface area contributed by atoms with E-state index in [1.54, 1.807) is 33.2 Å². The molecule has 1 rings (SSSR count). The summed E-state index contributed by atoms with van der Waals surface area (Å²) >= 11 is 6.03. The zero-order chi connectivity index (χ0) is 13.7. The lowest BCUT2D eigenvalue weighted by Gasteiger charge is -2.17. The highest BCUT2D eigenvalue weighted by Gasteiger charge is 2.15. The summed E-state index contributed by atoms with van der Waals surface area (Å²) in [6, 6.07) is 2.94. The van der Waals surface area contributed by atoms with Crippen LogP contribution < -0.4 is 20.1 Å². The zero-order valence-electron chi connectivity index (χ0n) is 10.8. The van der Waals surface area contributed by atoms with Crippen molar-refractivity contribution in [2.24, 2.45) is 0 Å². The van der Waals surface area contributed by atoms with Crippen LogP contribution in [0.3, 0.4) is 0 Å². The number of hydrogen-bond acceptors (Lipinski definition) is 4. The minimum absolute atomic E-state index is 0.121. The summed E-state index contributed by atoms with van der Waals surface area (Å²) in [6.45, 7) is 1.75. The van der Waals surface area contributed by atoms with E-state index in [2.05, 4.69) is 10.6 Å². The van der Waals surface area contributed by atoms with Crippen molar-refractivity contribution in [3.05, 3.63) is 17.2 Å². The van der Waals surface area contributed by atoms with Crippen molar-refractivity contribution in [2.45, 2.75) is 13.0 Å². The molecule has 6 heteroatoms. The summed E-state index contributed by atoms with van der Waals surface area (Å²) in [5, 5.41) is 6.04. The number of nitrogens with one attached hydrogen (secondary N) is 2. The van der Waals surface area contributed by atoms with Gasteiger partial charge in [-0.05, 0) is 13.0 Å². The second kappa shape index (κ2) is 6.35. The van der Waals surface area contributed by atoms with Crippen LogP contribution in [0.25, 0.3) is 0 Å². The molecule has 100 valence electrons. The predicted octanol–water partition coefficient (Wildman–Crippen LogP) is 1.90. The minimum Gasteiger partial charge on any atom is -0.495 e. The molecule has 0 aliphatic rings. The molecule has 0 aliphatic heterocycles. The number of halogens is 1. The first-order chi connectivity index (χ1) is 8.53. The number of carbonyl (C=O) groups is 1. The van der Waals surface area contributed by atoms with Crippen LogP contribution >= 0.6 is 11.6 Å². The first-order valence-electron chi connectivity index (χ1n) is 5.43. The highest BCUT2D eigenvalue weighted by molar-refractivity contribution is 6.32. The summed E-state index contributed by atoms with van der Waals surface area (Å²) < 4.78 is 10.3. The molecular weight excluding hydrogens is 256 g/mol. The Morgan fingerprint density at radius 3 is 2.39 bits per heavy atom. The normalized spacial score (nSPS) is 11.6. The van der Waals surface area contributed by atoms with Crippen molar-refractivity contribution in [3.63, 3.8) is 0 Å². The summed E-state index contributed by atoms with van der Waals surface area (Å²) in [7, 11) is 4.65. The van der Waals surface area contributed by atoms with Gasteiger partial charge in [-0.3, -0.25) is 4.79 Å². The molecule has 0 bridgehead atoms. The molecule has 1 aromatic carbocycles. The van der Waals surface area contributed by atoms with Crippen LogP contribution in [0.1, 0.15) is 6.92 Å². The summed E-state index contributed by atoms with van der Waals surface area (Å²) in [4.78, 5) is 11.5. The Kier molecular flexibility index (Phi) is 5.09. The number of carbonyl (C=O) groups excluding carboxylic acids is 1. The van der Waals surface area contributed by atoms with Crippen LogP contribution in [0.4, 0.5) is 5.69 Å². The lowest BCUT2D eigenvalue weighted by molar-refractivity contribution is -0.121. The van der Waals surface area contributed by atoms with E-state index >= 15 is 0 Å². The smallest absolute Gasteiger partial charge is 0.241 e. The zero-order valence-corrected chi connectivity index (χ0v) is 11.6. The highest BCUT2D eigenvalue weighted by atomic mass is 35.5. The third-order valence-electron chi connectivity index (χ3n) is 2.49. The van der Waals surface area contributed by atoms with Gasteiger partial charge >= 0.3 is 0 Å². The minimum atomic E-state index is -0.395. The van der Waals surface area contributed by atoms with Crippen LogP contribution in [0.2, 0.25) is 5.02 Å². The predicted molar refractivity (Wildman–Crippen MR) is 71.7 cm³/mol. The summed E-state index contributed by atoms with van der Waals surface area (Å²) in [6.07, 6.45) is 0. The van der Waals surface area contributed by atoms with Gasteiger partial charge in [0, 0.05) is 13.1 Å². The van der Waals surface area contributed by atoms with Crippen molar-refractivity contribution in [1.82, 2.24) is 5.32 Å². The average Bonchev–Trinajstić information content (AvgIpc) is 2.38. The maximum atomic E-state index is 11.5. The Morgan fingerprint density at radius 1 is 1.28 bits per heavy atom. The van der Waals surface area contributed by atoms with Crippen LogP contribution in [-0.4, -0.2) is 33.2 Å². The van der Waals surface area contributed by atoms with Crippen molar-refractivity contribution < 1.29 is 14.3 Å². The van der Waals surface area contributed by atoms with E-state index in [1.807, 2.05) is 0 Å². The topological polar surface area (TPSA) is 59.6 Å². The summed E-state index contributed by atoms with van der Waals surface area (Å²) in [5.74, 6) is 0.961. The fourth-order valence-corrected chi connectivity index (χ4v) is 1.73. The monoisotopic (exact) mass is 272 g/mol. The van der Waals surface area contributed by atoms with Gasteiger partial charge in [0.25, 0.3) is 0 Å². The first kappa shape index (κ1) is 14.4. The van der Waals surface area contributed by atoms with E-state index in [0.29, 0.717) is 22.2 Å². The number of amides is 1. The molecule has 18 heavy (non-hydrogen) atoms. The Morgan fingerprint density at radius 2 is 1.89 bits per heavy atom. The molecule has 0 aliphatic carbocycles. The van der Waals surface area contributed by atoms with E-state index in [4.69, 9.17) is 21.1 Å². The van der Waals surface area contributed by atoms with Crippen molar-refractivity contribution in [3.8, 4) is 11.5 Å². The molecule has 1 amide bonds. The van der Waals surface area contributed by atoms with E-state index in [1.165, 1.54) is 7.11 Å². The number of methoxy groups -OCH3 is 2. The summed E-state index contributed by atoms with van der Waals surface area (Å²) in [5.41, 5.74) is 0.638. The van der Waals surface area contributed by atoms with Gasteiger partial charge in [0.05, 0.1) is 24.9 Å². The van der Waals surface area contributed by atoms with E-state index in [9.17, 15) is 4.79 Å². The number of likely N-dealkylation sites (N-methyl/N-ethyl adjacent to an activating group) is 1. The SMILES string of the molecule is CNC(=O)[C@H](C)Nc1cc(Cl)c(OC)cc1OC. The first-order valence-corrected chi connectivity index (χ1v) is 5.81. The molecule has 0 saturated heterocycles. The molecule has 0 heterocycles. The van der Waals surface area contributed by atoms with Crippen LogP contribution in [0.5, 0.6) is 11.5 Å². The fraction of sp³-hybridized carbons (Fsp3) is 0.417. The molecule has 0 aromatic heterocycles. The molecule has 1 atom stereocenters. The van der Waals surface area contributed by atoms with Gasteiger partial charge in [0.2, 0.25) is 5.91 Å². The van der Waals surface area contributed by atoms with Gasteiger partial charge in [-0.2, -0.15) is 0 Å². The molecule has 0 saturated carbocycles. The van der Waals surface area contributed by atoms with E-state index < -0.39 is 6.04 Å². The number of ether oxygens (including phenoxy) is 2. The van der Waals surface area contributed by atoms with E-state index in [-0.39, 0.29) is 5.91 Å². The van der Waals surface area contributed by atoms with Gasteiger partial charge in [-0.1, -0.05) is 11.6 Å². The molecule has 0 fully saturated rings. The van der Waals surface area contributed by atoms with Gasteiger partial charge in [0.1, 0.15) is 17.5 Å². The Bertz CT molecular complexity index is 438. The number of benzene rings is 1. The molecular formula is C12H17ClN2O3. The second-order valence-electron chi connectivity index (χ2n) is 3.67. The highest BCUT2D eigenvalue weighted by Crippen LogP contribution is 2.36.